The van der Waals surface area contributed by atoms with E-state index < -0.39 is 11.8 Å². The lowest BCUT2D eigenvalue weighted by Crippen LogP contribution is -2.44. The van der Waals surface area contributed by atoms with Gasteiger partial charge in [-0.1, -0.05) is 35.5 Å². The van der Waals surface area contributed by atoms with Crippen LogP contribution >= 0.6 is 51.5 Å². The predicted octanol–water partition coefficient (Wildman–Crippen LogP) is 4.29. The first-order valence-electron chi connectivity index (χ1n) is 11.6. The molecule has 3 amide bonds. The summed E-state index contributed by atoms with van der Waals surface area (Å²) in [7, 11) is 0. The van der Waals surface area contributed by atoms with Gasteiger partial charge in [0.15, 0.2) is 22.4 Å². The molecule has 0 unspecified atom stereocenters. The Morgan fingerprint density at radius 3 is 2.68 bits per heavy atom. The number of benzene rings is 2. The Balaban J connectivity index is 1.49. The van der Waals surface area contributed by atoms with Crippen LogP contribution < -0.4 is 14.9 Å². The van der Waals surface area contributed by atoms with Gasteiger partial charge in [0, 0.05) is 13.1 Å². The van der Waals surface area contributed by atoms with Gasteiger partial charge >= 0.3 is 0 Å². The molecule has 0 bridgehead atoms. The maximum Gasteiger partial charge on any atom is 0.285 e. The van der Waals surface area contributed by atoms with Crippen LogP contribution in [0.15, 0.2) is 45.8 Å². The van der Waals surface area contributed by atoms with Gasteiger partial charge in [-0.25, -0.2) is 0 Å². The van der Waals surface area contributed by atoms with E-state index in [9.17, 15) is 14.4 Å². The summed E-state index contributed by atoms with van der Waals surface area (Å²) in [5.41, 5.74) is 3.37. The van der Waals surface area contributed by atoms with Gasteiger partial charge in [-0.05, 0) is 71.0 Å². The van der Waals surface area contributed by atoms with E-state index in [-0.39, 0.29) is 27.4 Å². The van der Waals surface area contributed by atoms with Gasteiger partial charge in [0.1, 0.15) is 0 Å². The Morgan fingerprint density at radius 2 is 1.97 bits per heavy atom. The maximum absolute atomic E-state index is 13.0. The van der Waals surface area contributed by atoms with E-state index in [1.165, 1.54) is 0 Å². The first-order valence-corrected chi connectivity index (χ1v) is 14.0. The number of thiocarbonyl (C=S) groups is 1. The minimum atomic E-state index is -0.553. The van der Waals surface area contributed by atoms with Gasteiger partial charge in [-0.2, -0.15) is 5.01 Å². The molecule has 2 aliphatic rings. The number of hydrogen-bond acceptors (Lipinski definition) is 8. The second kappa shape index (κ2) is 12.9. The third-order valence-electron chi connectivity index (χ3n) is 5.46. The van der Waals surface area contributed by atoms with Crippen LogP contribution in [0.5, 0.6) is 11.5 Å². The van der Waals surface area contributed by atoms with Gasteiger partial charge in [0.05, 0.1) is 39.8 Å². The monoisotopic (exact) mass is 639 g/mol. The van der Waals surface area contributed by atoms with Crippen LogP contribution in [0, 0.1) is 0 Å². The molecular formula is C25H23BrClN3O6S2. The largest absolute Gasteiger partial charge is 0.490 e. The number of ether oxygens (including phenoxy) is 3. The second-order valence-corrected chi connectivity index (χ2v) is 10.9. The zero-order valence-corrected chi connectivity index (χ0v) is 24.2. The average molecular weight is 641 g/mol. The zero-order valence-electron chi connectivity index (χ0n) is 20.2. The number of carbonyl (C=O) groups excluding carboxylic acids is 3. The Morgan fingerprint density at radius 1 is 1.24 bits per heavy atom. The molecule has 2 aromatic carbocycles. The van der Waals surface area contributed by atoms with E-state index in [1.807, 2.05) is 6.92 Å². The highest BCUT2D eigenvalue weighted by atomic mass is 79.9. The summed E-state index contributed by atoms with van der Waals surface area (Å²) in [6.07, 6.45) is 1.64. The Hall–Kier alpha value is -2.64. The first-order chi connectivity index (χ1) is 18.3. The van der Waals surface area contributed by atoms with E-state index >= 15 is 0 Å². The molecule has 2 saturated heterocycles. The number of thioether (sulfide) groups is 1. The lowest BCUT2D eigenvalue weighted by atomic mass is 10.2. The lowest BCUT2D eigenvalue weighted by molar-refractivity contribution is -0.137. The highest BCUT2D eigenvalue weighted by Gasteiger charge is 2.34. The Bertz CT molecular complexity index is 1300. The molecule has 38 heavy (non-hydrogen) atoms. The topological polar surface area (TPSA) is 97.4 Å². The second-order valence-electron chi connectivity index (χ2n) is 7.98. The molecular weight excluding hydrogens is 618 g/mol. The Kier molecular flexibility index (Phi) is 9.66. The average Bonchev–Trinajstić information content (AvgIpc) is 3.16. The van der Waals surface area contributed by atoms with Crippen LogP contribution in [0.3, 0.4) is 0 Å². The molecule has 0 aromatic heterocycles. The molecule has 0 spiro atoms. The number of nitrogens with one attached hydrogen (secondary N) is 1. The highest BCUT2D eigenvalue weighted by Crippen LogP contribution is 2.39. The van der Waals surface area contributed by atoms with Crippen molar-refractivity contribution in [3.8, 4) is 11.5 Å². The summed E-state index contributed by atoms with van der Waals surface area (Å²) >= 11 is 16.0. The predicted molar refractivity (Wildman–Crippen MR) is 152 cm³/mol. The van der Waals surface area contributed by atoms with Crippen molar-refractivity contribution in [1.29, 1.82) is 0 Å². The number of nitrogens with zero attached hydrogens (tertiary/aromatic N) is 2. The lowest BCUT2D eigenvalue weighted by Gasteiger charge is -2.27. The summed E-state index contributed by atoms with van der Waals surface area (Å²) in [6.45, 7) is 4.10. The van der Waals surface area contributed by atoms with Crippen LogP contribution in [-0.4, -0.2) is 71.5 Å². The van der Waals surface area contributed by atoms with Crippen LogP contribution in [0.4, 0.5) is 0 Å². The fraction of sp³-hybridized carbons (Fsp3) is 0.280. The van der Waals surface area contributed by atoms with Crippen LogP contribution in [-0.2, 0) is 14.3 Å². The molecule has 2 aromatic rings. The third-order valence-corrected chi connectivity index (χ3v) is 7.68. The van der Waals surface area contributed by atoms with Gasteiger partial charge in [0.25, 0.3) is 17.7 Å². The molecule has 2 fully saturated rings. The van der Waals surface area contributed by atoms with Crippen molar-refractivity contribution < 1.29 is 28.6 Å². The molecule has 4 rings (SSSR count). The number of halogens is 2. The summed E-state index contributed by atoms with van der Waals surface area (Å²) in [5, 5.41) is 1.28. The SMILES string of the molecule is CCOc1cc(/C=C2/SC(=S)N(NC(=O)c3ccccc3Cl)C2=O)cc(Br)c1OCC(=O)N1CCOCC1. The van der Waals surface area contributed by atoms with E-state index in [0.717, 1.165) is 16.8 Å². The quantitative estimate of drug-likeness (QED) is 0.338. The van der Waals surface area contributed by atoms with E-state index in [0.29, 0.717) is 59.4 Å². The van der Waals surface area contributed by atoms with Gasteiger partial charge < -0.3 is 19.1 Å². The van der Waals surface area contributed by atoms with E-state index in [4.69, 9.17) is 38.0 Å². The van der Waals surface area contributed by atoms with Crippen LogP contribution in [0.25, 0.3) is 6.08 Å². The zero-order chi connectivity index (χ0) is 27.2. The molecule has 0 aliphatic carbocycles. The maximum atomic E-state index is 13.0. The van der Waals surface area contributed by atoms with Crippen molar-refractivity contribution >= 4 is 79.6 Å². The van der Waals surface area contributed by atoms with Crippen molar-refractivity contribution in [2.75, 3.05) is 39.5 Å². The Labute approximate surface area is 242 Å². The van der Waals surface area contributed by atoms with Gasteiger partial charge in [-0.3, -0.25) is 19.8 Å². The number of carbonyl (C=O) groups is 3. The third kappa shape index (κ3) is 6.67. The van der Waals surface area contributed by atoms with Crippen molar-refractivity contribution in [3.05, 3.63) is 61.9 Å². The van der Waals surface area contributed by atoms with Crippen LogP contribution in [0.2, 0.25) is 5.02 Å². The van der Waals surface area contributed by atoms with Crippen molar-refractivity contribution in [2.24, 2.45) is 0 Å². The minimum absolute atomic E-state index is 0.144. The van der Waals surface area contributed by atoms with Crippen molar-refractivity contribution in [1.82, 2.24) is 15.3 Å². The number of morpholine rings is 1. The number of amides is 3. The normalized spacial score (nSPS) is 16.7. The van der Waals surface area contributed by atoms with Crippen LogP contribution in [0.1, 0.15) is 22.8 Å². The minimum Gasteiger partial charge on any atom is -0.490 e. The molecule has 0 atom stereocenters. The molecule has 1 N–H and O–H groups in total. The number of rotatable bonds is 8. The molecule has 2 heterocycles. The fourth-order valence-electron chi connectivity index (χ4n) is 3.63. The fourth-order valence-corrected chi connectivity index (χ4v) is 5.61. The standard InChI is InChI=1S/C25H23BrClN3O6S2/c1-2-35-19-12-15(11-17(26)22(19)36-14-21(31)29-7-9-34-10-8-29)13-20-24(33)30(25(37)38-20)28-23(32)16-5-3-4-6-18(16)27/h3-6,11-13H,2,7-10,14H2,1H3,(H,28,32)/b20-13+. The smallest absolute Gasteiger partial charge is 0.285 e. The molecule has 0 saturated carbocycles. The van der Waals surface area contributed by atoms with E-state index in [2.05, 4.69) is 21.4 Å². The summed E-state index contributed by atoms with van der Waals surface area (Å²) < 4.78 is 17.6. The molecule has 0 radical (unpaired) electrons. The van der Waals surface area contributed by atoms with Gasteiger partial charge in [-0.15, -0.1) is 0 Å². The van der Waals surface area contributed by atoms with Gasteiger partial charge in [0.2, 0.25) is 0 Å². The number of hydrogen-bond donors (Lipinski definition) is 1. The van der Waals surface area contributed by atoms with E-state index in [1.54, 1.807) is 47.4 Å². The first kappa shape index (κ1) is 28.4. The summed E-state index contributed by atoms with van der Waals surface area (Å²) in [6, 6.07) is 9.96. The van der Waals surface area contributed by atoms with Crippen molar-refractivity contribution in [3.63, 3.8) is 0 Å². The number of hydrazine groups is 1. The summed E-state index contributed by atoms with van der Waals surface area (Å²) in [4.78, 5) is 40.2. The molecule has 2 aliphatic heterocycles. The molecule has 200 valence electrons. The van der Waals surface area contributed by atoms with Crippen molar-refractivity contribution in [2.45, 2.75) is 6.92 Å². The molecule has 13 heteroatoms. The molecule has 9 nitrogen and oxygen atoms in total. The summed E-state index contributed by atoms with van der Waals surface area (Å²) in [5.74, 6) is -0.390. The highest BCUT2D eigenvalue weighted by molar-refractivity contribution is 9.10.